The van der Waals surface area contributed by atoms with Crippen molar-refractivity contribution in [2.24, 2.45) is 11.3 Å². The second-order valence-corrected chi connectivity index (χ2v) is 11.2. The molecule has 4 rings (SSSR count). The molecule has 0 unspecified atom stereocenters. The number of aliphatic hydroxyl groups excluding tert-OH is 1. The lowest BCUT2D eigenvalue weighted by atomic mass is 9.92. The van der Waals surface area contributed by atoms with Crippen molar-refractivity contribution in [1.29, 1.82) is 0 Å². The normalized spacial score (nSPS) is 18.8. The molecule has 2 saturated heterocycles. The minimum atomic E-state index is -0.273. The summed E-state index contributed by atoms with van der Waals surface area (Å²) in [6.45, 7) is 12.5. The predicted molar refractivity (Wildman–Crippen MR) is 137 cm³/mol. The summed E-state index contributed by atoms with van der Waals surface area (Å²) < 4.78 is 6.11. The molecule has 2 fully saturated rings. The van der Waals surface area contributed by atoms with Gasteiger partial charge in [0, 0.05) is 25.2 Å². The summed E-state index contributed by atoms with van der Waals surface area (Å²) in [5, 5.41) is 9.66. The number of ether oxygens (including phenoxy) is 1. The molecular formula is C29H40N2O3. The van der Waals surface area contributed by atoms with Gasteiger partial charge in [-0.25, -0.2) is 0 Å². The largest absolute Gasteiger partial charge is 0.493 e. The molecule has 2 aliphatic rings. The van der Waals surface area contributed by atoms with Gasteiger partial charge in [-0.3, -0.25) is 4.79 Å². The third kappa shape index (κ3) is 6.83. The van der Waals surface area contributed by atoms with Crippen molar-refractivity contribution in [2.75, 3.05) is 39.3 Å². The maximum Gasteiger partial charge on any atom is 0.253 e. The SMILES string of the molecule is CC(C)(C)CN1CCC(COc2ccc(-c3ccc(C(=O)N4CCC(O)CC4)cc3)cc2)CC1. The van der Waals surface area contributed by atoms with Gasteiger partial charge in [0.25, 0.3) is 5.91 Å². The summed E-state index contributed by atoms with van der Waals surface area (Å²) in [7, 11) is 0. The van der Waals surface area contributed by atoms with Crippen LogP contribution >= 0.6 is 0 Å². The van der Waals surface area contributed by atoms with Crippen LogP contribution in [0, 0.1) is 11.3 Å². The van der Waals surface area contributed by atoms with Gasteiger partial charge < -0.3 is 19.6 Å². The minimum Gasteiger partial charge on any atom is -0.493 e. The molecule has 5 nitrogen and oxygen atoms in total. The second kappa shape index (κ2) is 10.9. The zero-order valence-electron chi connectivity index (χ0n) is 21.0. The Bertz CT molecular complexity index is 917. The van der Waals surface area contributed by atoms with Gasteiger partial charge in [0.1, 0.15) is 5.75 Å². The number of piperidine rings is 2. The van der Waals surface area contributed by atoms with Crippen LogP contribution in [0.4, 0.5) is 0 Å². The fraction of sp³-hybridized carbons (Fsp3) is 0.552. The Balaban J connectivity index is 1.25. The molecule has 0 spiro atoms. The molecule has 1 amide bonds. The van der Waals surface area contributed by atoms with Gasteiger partial charge in [0.15, 0.2) is 0 Å². The summed E-state index contributed by atoms with van der Waals surface area (Å²) in [6.07, 6.45) is 3.46. The Hall–Kier alpha value is -2.37. The van der Waals surface area contributed by atoms with Crippen LogP contribution in [0.15, 0.2) is 48.5 Å². The van der Waals surface area contributed by atoms with Crippen LogP contribution in [-0.4, -0.2) is 66.2 Å². The van der Waals surface area contributed by atoms with E-state index in [1.807, 2.05) is 41.3 Å². The lowest BCUT2D eigenvalue weighted by Crippen LogP contribution is -2.40. The zero-order valence-corrected chi connectivity index (χ0v) is 21.0. The first-order valence-electron chi connectivity index (χ1n) is 12.8. The summed E-state index contributed by atoms with van der Waals surface area (Å²) in [5.41, 5.74) is 3.26. The highest BCUT2D eigenvalue weighted by Crippen LogP contribution is 2.26. The molecule has 0 bridgehead atoms. The van der Waals surface area contributed by atoms with Crippen LogP contribution < -0.4 is 4.74 Å². The molecule has 34 heavy (non-hydrogen) atoms. The highest BCUT2D eigenvalue weighted by atomic mass is 16.5. The Kier molecular flexibility index (Phi) is 7.95. The van der Waals surface area contributed by atoms with Crippen LogP contribution in [0.3, 0.4) is 0 Å². The topological polar surface area (TPSA) is 53.0 Å². The van der Waals surface area contributed by atoms with Gasteiger partial charge in [-0.05, 0) is 85.5 Å². The summed E-state index contributed by atoms with van der Waals surface area (Å²) in [6, 6.07) is 16.1. The number of carbonyl (C=O) groups excluding carboxylic acids is 1. The van der Waals surface area contributed by atoms with Gasteiger partial charge in [-0.15, -0.1) is 0 Å². The predicted octanol–water partition coefficient (Wildman–Crippen LogP) is 5.09. The van der Waals surface area contributed by atoms with E-state index < -0.39 is 0 Å². The number of amides is 1. The van der Waals surface area contributed by atoms with Crippen molar-refractivity contribution in [2.45, 2.75) is 52.6 Å². The van der Waals surface area contributed by atoms with Crippen LogP contribution in [0.5, 0.6) is 5.75 Å². The second-order valence-electron chi connectivity index (χ2n) is 11.2. The van der Waals surface area contributed by atoms with Gasteiger partial charge >= 0.3 is 0 Å². The highest BCUT2D eigenvalue weighted by molar-refractivity contribution is 5.94. The molecule has 0 saturated carbocycles. The van der Waals surface area contributed by atoms with E-state index in [2.05, 4.69) is 37.8 Å². The summed E-state index contributed by atoms with van der Waals surface area (Å²) >= 11 is 0. The average Bonchev–Trinajstić information content (AvgIpc) is 2.83. The summed E-state index contributed by atoms with van der Waals surface area (Å²) in [5.74, 6) is 1.59. The van der Waals surface area contributed by atoms with Crippen LogP contribution in [-0.2, 0) is 0 Å². The van der Waals surface area contributed by atoms with Gasteiger partial charge in [0.05, 0.1) is 12.7 Å². The standard InChI is InChI=1S/C29H40N2O3/c1-29(2,3)21-30-16-12-22(13-17-30)20-34-27-10-8-24(9-11-27)23-4-6-25(7-5-23)28(33)31-18-14-26(32)15-19-31/h4-11,22,26,32H,12-21H2,1-3H3. The van der Waals surface area contributed by atoms with E-state index in [4.69, 9.17) is 4.74 Å². The molecule has 0 atom stereocenters. The monoisotopic (exact) mass is 464 g/mol. The Morgan fingerprint density at radius 1 is 0.882 bits per heavy atom. The van der Waals surface area contributed by atoms with E-state index in [0.29, 0.717) is 42.8 Å². The van der Waals surface area contributed by atoms with E-state index in [9.17, 15) is 9.90 Å². The lowest BCUT2D eigenvalue weighted by Gasteiger charge is -2.35. The van der Waals surface area contributed by atoms with Gasteiger partial charge in [-0.2, -0.15) is 0 Å². The Labute approximate surface area is 204 Å². The number of rotatable bonds is 6. The maximum absolute atomic E-state index is 12.7. The molecular weight excluding hydrogens is 424 g/mol. The van der Waals surface area contributed by atoms with Crippen molar-refractivity contribution in [3.05, 3.63) is 54.1 Å². The lowest BCUT2D eigenvalue weighted by molar-refractivity contribution is 0.0546. The fourth-order valence-electron chi connectivity index (χ4n) is 5.00. The van der Waals surface area contributed by atoms with Crippen molar-refractivity contribution in [1.82, 2.24) is 9.80 Å². The molecule has 2 aromatic rings. The number of likely N-dealkylation sites (tertiary alicyclic amines) is 2. The molecule has 0 aliphatic carbocycles. The third-order valence-electron chi connectivity index (χ3n) is 6.96. The molecule has 1 N–H and O–H groups in total. The van der Waals surface area contributed by atoms with Crippen molar-refractivity contribution < 1.29 is 14.6 Å². The van der Waals surface area contributed by atoms with Crippen molar-refractivity contribution in [3.8, 4) is 16.9 Å². The van der Waals surface area contributed by atoms with E-state index in [0.717, 1.165) is 23.5 Å². The molecule has 184 valence electrons. The first-order chi connectivity index (χ1) is 16.3. The number of benzene rings is 2. The van der Waals surface area contributed by atoms with Crippen molar-refractivity contribution in [3.63, 3.8) is 0 Å². The number of carbonyl (C=O) groups is 1. The Morgan fingerprint density at radius 2 is 1.44 bits per heavy atom. The smallest absolute Gasteiger partial charge is 0.253 e. The molecule has 0 radical (unpaired) electrons. The molecule has 2 heterocycles. The van der Waals surface area contributed by atoms with E-state index in [1.165, 1.54) is 32.5 Å². The first-order valence-corrected chi connectivity index (χ1v) is 12.8. The number of hydrogen-bond acceptors (Lipinski definition) is 4. The fourth-order valence-corrected chi connectivity index (χ4v) is 5.00. The average molecular weight is 465 g/mol. The van der Waals surface area contributed by atoms with Crippen LogP contribution in [0.25, 0.3) is 11.1 Å². The molecule has 2 aromatic carbocycles. The first kappa shape index (κ1) is 24.7. The molecule has 0 aromatic heterocycles. The molecule has 5 heteroatoms. The maximum atomic E-state index is 12.7. The third-order valence-corrected chi connectivity index (χ3v) is 6.96. The van der Waals surface area contributed by atoms with Crippen LogP contribution in [0.2, 0.25) is 0 Å². The quantitative estimate of drug-likeness (QED) is 0.647. The number of nitrogens with zero attached hydrogens (tertiary/aromatic N) is 2. The van der Waals surface area contributed by atoms with E-state index in [1.54, 1.807) is 0 Å². The summed E-state index contributed by atoms with van der Waals surface area (Å²) in [4.78, 5) is 17.1. The number of hydrogen-bond donors (Lipinski definition) is 1. The van der Waals surface area contributed by atoms with Gasteiger partial charge in [0.2, 0.25) is 0 Å². The van der Waals surface area contributed by atoms with E-state index >= 15 is 0 Å². The zero-order chi connectivity index (χ0) is 24.1. The molecule has 2 aliphatic heterocycles. The minimum absolute atomic E-state index is 0.0476. The Morgan fingerprint density at radius 3 is 2.00 bits per heavy atom. The van der Waals surface area contributed by atoms with E-state index in [-0.39, 0.29) is 12.0 Å². The van der Waals surface area contributed by atoms with Crippen LogP contribution in [0.1, 0.15) is 56.8 Å². The van der Waals surface area contributed by atoms with Gasteiger partial charge in [-0.1, -0.05) is 45.0 Å². The van der Waals surface area contributed by atoms with Crippen molar-refractivity contribution >= 4 is 5.91 Å². The highest BCUT2D eigenvalue weighted by Gasteiger charge is 2.24. The number of aliphatic hydroxyl groups is 1.